The summed E-state index contributed by atoms with van der Waals surface area (Å²) < 4.78 is 11.1. The largest absolute Gasteiger partial charge is 0.493 e. The molecule has 0 saturated carbocycles. The van der Waals surface area contributed by atoms with Gasteiger partial charge >= 0.3 is 0 Å². The van der Waals surface area contributed by atoms with Crippen molar-refractivity contribution >= 4 is 52.2 Å². The van der Waals surface area contributed by atoms with Crippen molar-refractivity contribution in [3.63, 3.8) is 0 Å². The fraction of sp³-hybridized carbons (Fsp3) is 0.179. The van der Waals surface area contributed by atoms with Crippen LogP contribution in [0, 0.1) is 13.8 Å². The number of amides is 3. The minimum atomic E-state index is -0.368. The minimum Gasteiger partial charge on any atom is -0.493 e. The van der Waals surface area contributed by atoms with Gasteiger partial charge in [0.05, 0.1) is 18.6 Å². The van der Waals surface area contributed by atoms with Crippen LogP contribution in [0.1, 0.15) is 22.3 Å². The fourth-order valence-electron chi connectivity index (χ4n) is 3.61. The molecule has 190 valence electrons. The number of ether oxygens (including phenoxy) is 2. The van der Waals surface area contributed by atoms with E-state index in [9.17, 15) is 14.4 Å². The number of thioether (sulfide) groups is 1. The van der Waals surface area contributed by atoms with E-state index in [1.807, 2.05) is 32.0 Å². The summed E-state index contributed by atoms with van der Waals surface area (Å²) in [6.45, 7) is 3.95. The zero-order valence-electron chi connectivity index (χ0n) is 20.5. The minimum absolute atomic E-state index is 0.166. The quantitative estimate of drug-likeness (QED) is 0.344. The van der Waals surface area contributed by atoms with Crippen molar-refractivity contribution in [3.8, 4) is 11.5 Å². The van der Waals surface area contributed by atoms with Gasteiger partial charge in [-0.3, -0.25) is 19.3 Å². The number of imide groups is 1. The average molecular weight is 537 g/mol. The molecule has 3 amide bonds. The summed E-state index contributed by atoms with van der Waals surface area (Å²) in [6.07, 6.45) is 1.63. The molecule has 1 N–H and O–H groups in total. The first-order valence-corrected chi connectivity index (χ1v) is 12.6. The average Bonchev–Trinajstić information content (AvgIpc) is 3.13. The molecule has 0 aliphatic carbocycles. The van der Waals surface area contributed by atoms with Crippen LogP contribution in [0.15, 0.2) is 65.6 Å². The van der Waals surface area contributed by atoms with E-state index in [0.29, 0.717) is 32.7 Å². The molecule has 37 heavy (non-hydrogen) atoms. The Balaban J connectivity index is 1.41. The number of benzene rings is 3. The van der Waals surface area contributed by atoms with Crippen molar-refractivity contribution in [2.45, 2.75) is 20.4 Å². The Bertz CT molecular complexity index is 1390. The summed E-state index contributed by atoms with van der Waals surface area (Å²) in [5, 5.41) is 3.06. The number of carbonyl (C=O) groups is 3. The number of hydrogen-bond donors (Lipinski definition) is 1. The van der Waals surface area contributed by atoms with Gasteiger partial charge < -0.3 is 14.8 Å². The molecule has 1 saturated heterocycles. The van der Waals surface area contributed by atoms with Crippen LogP contribution >= 0.6 is 23.4 Å². The lowest BCUT2D eigenvalue weighted by Gasteiger charge is -2.13. The molecule has 7 nitrogen and oxygen atoms in total. The molecule has 9 heteroatoms. The third-order valence-electron chi connectivity index (χ3n) is 5.76. The van der Waals surface area contributed by atoms with Crippen molar-refractivity contribution in [2.24, 2.45) is 0 Å². The van der Waals surface area contributed by atoms with E-state index < -0.39 is 0 Å². The number of nitrogens with one attached hydrogen (secondary N) is 1. The van der Waals surface area contributed by atoms with E-state index in [1.54, 1.807) is 48.5 Å². The zero-order valence-corrected chi connectivity index (χ0v) is 22.1. The summed E-state index contributed by atoms with van der Waals surface area (Å²) in [6, 6.07) is 17.7. The lowest BCUT2D eigenvalue weighted by Crippen LogP contribution is -2.27. The number of halogens is 1. The number of nitrogens with zero attached hydrogens (tertiary/aromatic N) is 1. The van der Waals surface area contributed by atoms with E-state index >= 15 is 0 Å². The molecule has 4 rings (SSSR count). The highest BCUT2D eigenvalue weighted by atomic mass is 35.5. The molecule has 1 aliphatic heterocycles. The van der Waals surface area contributed by atoms with Crippen LogP contribution in [0.3, 0.4) is 0 Å². The van der Waals surface area contributed by atoms with Gasteiger partial charge in [0.2, 0.25) is 0 Å². The third-order valence-corrected chi connectivity index (χ3v) is 6.92. The number of hydrogen-bond acceptors (Lipinski definition) is 6. The van der Waals surface area contributed by atoms with Crippen LogP contribution in [0.5, 0.6) is 11.5 Å². The molecule has 3 aromatic carbocycles. The smallest absolute Gasteiger partial charge is 0.293 e. The first-order valence-electron chi connectivity index (χ1n) is 11.4. The van der Waals surface area contributed by atoms with Gasteiger partial charge in [-0.05, 0) is 90.3 Å². The van der Waals surface area contributed by atoms with Gasteiger partial charge in [0.1, 0.15) is 0 Å². The van der Waals surface area contributed by atoms with Crippen LogP contribution in [0.4, 0.5) is 10.5 Å². The van der Waals surface area contributed by atoms with E-state index in [0.717, 1.165) is 28.5 Å². The summed E-state index contributed by atoms with van der Waals surface area (Å²) in [5.41, 5.74) is 4.38. The second-order valence-electron chi connectivity index (χ2n) is 8.44. The highest BCUT2D eigenvalue weighted by Gasteiger charge is 2.35. The van der Waals surface area contributed by atoms with E-state index in [2.05, 4.69) is 5.32 Å². The number of carbonyl (C=O) groups excluding carboxylic acids is 3. The molecule has 1 heterocycles. The van der Waals surface area contributed by atoms with Gasteiger partial charge in [-0.1, -0.05) is 35.9 Å². The Morgan fingerprint density at radius 3 is 2.46 bits per heavy atom. The highest BCUT2D eigenvalue weighted by molar-refractivity contribution is 8.18. The number of anilines is 1. The topological polar surface area (TPSA) is 84.9 Å². The van der Waals surface area contributed by atoms with Crippen molar-refractivity contribution in [1.82, 2.24) is 4.90 Å². The van der Waals surface area contributed by atoms with Gasteiger partial charge in [-0.25, -0.2) is 0 Å². The molecule has 0 unspecified atom stereocenters. The number of methoxy groups -OCH3 is 1. The molecule has 0 aromatic heterocycles. The van der Waals surface area contributed by atoms with Crippen molar-refractivity contribution < 1.29 is 23.9 Å². The van der Waals surface area contributed by atoms with Gasteiger partial charge in [-0.2, -0.15) is 0 Å². The SMILES string of the molecule is COc1cc(/C=C2\SC(=O)N(Cc3ccc(Cl)cc3)C2=O)ccc1OCC(=O)Nc1ccc(C)c(C)c1. The molecular formula is C28H25ClN2O5S. The maximum absolute atomic E-state index is 12.9. The number of rotatable bonds is 8. The maximum atomic E-state index is 12.9. The first kappa shape index (κ1) is 26.3. The molecule has 3 aromatic rings. The molecule has 0 bridgehead atoms. The molecular weight excluding hydrogens is 512 g/mol. The van der Waals surface area contributed by atoms with Crippen molar-refractivity contribution in [1.29, 1.82) is 0 Å². The molecule has 1 aliphatic rings. The van der Waals surface area contributed by atoms with E-state index in [1.165, 1.54) is 12.0 Å². The third kappa shape index (κ3) is 6.53. The van der Waals surface area contributed by atoms with Crippen LogP contribution in [-0.4, -0.2) is 35.7 Å². The van der Waals surface area contributed by atoms with Crippen LogP contribution in [0.25, 0.3) is 6.08 Å². The predicted molar refractivity (Wildman–Crippen MR) is 146 cm³/mol. The van der Waals surface area contributed by atoms with Crippen LogP contribution < -0.4 is 14.8 Å². The Labute approximate surface area is 224 Å². The Morgan fingerprint density at radius 2 is 1.76 bits per heavy atom. The predicted octanol–water partition coefficient (Wildman–Crippen LogP) is 6.22. The van der Waals surface area contributed by atoms with Gasteiger partial charge in [0, 0.05) is 10.7 Å². The summed E-state index contributed by atoms with van der Waals surface area (Å²) in [4.78, 5) is 39.2. The lowest BCUT2D eigenvalue weighted by molar-refractivity contribution is -0.123. The van der Waals surface area contributed by atoms with Crippen LogP contribution in [0.2, 0.25) is 5.02 Å². The number of aryl methyl sites for hydroxylation is 2. The fourth-order valence-corrected chi connectivity index (χ4v) is 4.58. The molecule has 1 fully saturated rings. The molecule has 0 radical (unpaired) electrons. The normalized spacial score (nSPS) is 14.3. The van der Waals surface area contributed by atoms with Crippen molar-refractivity contribution in [2.75, 3.05) is 19.0 Å². The standard InChI is InChI=1S/C28H25ClN2O5S/c1-17-4-10-22(12-18(17)2)30-26(32)16-36-23-11-7-20(13-24(23)35-3)14-25-27(33)31(28(34)37-25)15-19-5-8-21(29)9-6-19/h4-14H,15-16H2,1-3H3,(H,30,32)/b25-14-. The van der Waals surface area contributed by atoms with Crippen LogP contribution in [-0.2, 0) is 16.1 Å². The summed E-state index contributed by atoms with van der Waals surface area (Å²) >= 11 is 6.79. The zero-order chi connectivity index (χ0) is 26.5. The first-order chi connectivity index (χ1) is 17.7. The summed E-state index contributed by atoms with van der Waals surface area (Å²) in [5.74, 6) is 0.106. The summed E-state index contributed by atoms with van der Waals surface area (Å²) in [7, 11) is 1.49. The van der Waals surface area contributed by atoms with Crippen molar-refractivity contribution in [3.05, 3.63) is 92.8 Å². The monoisotopic (exact) mass is 536 g/mol. The lowest BCUT2D eigenvalue weighted by atomic mass is 10.1. The Kier molecular flexibility index (Phi) is 8.21. The molecule has 0 atom stereocenters. The van der Waals surface area contributed by atoms with Gasteiger partial charge in [0.25, 0.3) is 17.1 Å². The van der Waals surface area contributed by atoms with E-state index in [4.69, 9.17) is 21.1 Å². The van der Waals surface area contributed by atoms with E-state index in [-0.39, 0.29) is 30.2 Å². The second-order valence-corrected chi connectivity index (χ2v) is 9.87. The highest BCUT2D eigenvalue weighted by Crippen LogP contribution is 2.35. The molecule has 0 spiro atoms. The van der Waals surface area contributed by atoms with Gasteiger partial charge in [0.15, 0.2) is 18.1 Å². The Hall–Kier alpha value is -3.75. The second kappa shape index (κ2) is 11.5. The Morgan fingerprint density at radius 1 is 1.00 bits per heavy atom. The van der Waals surface area contributed by atoms with Gasteiger partial charge in [-0.15, -0.1) is 0 Å². The maximum Gasteiger partial charge on any atom is 0.293 e.